The fourth-order valence-electron chi connectivity index (χ4n) is 3.80. The maximum Gasteiger partial charge on any atom is 0.325 e. The van der Waals surface area contributed by atoms with Crippen LogP contribution in [0.2, 0.25) is 0 Å². The van der Waals surface area contributed by atoms with Gasteiger partial charge < -0.3 is 15.6 Å². The van der Waals surface area contributed by atoms with E-state index in [1.54, 1.807) is 0 Å². The Morgan fingerprint density at radius 1 is 1.21 bits per heavy atom. The molecule has 1 aliphatic heterocycles. The zero-order valence-electron chi connectivity index (χ0n) is 17.2. The first-order chi connectivity index (χ1) is 14.0. The van der Waals surface area contributed by atoms with Crippen LogP contribution in [0.4, 0.5) is 4.79 Å². The lowest BCUT2D eigenvalue weighted by Gasteiger charge is -2.17. The Kier molecular flexibility index (Phi) is 6.90. The van der Waals surface area contributed by atoms with E-state index in [-0.39, 0.29) is 24.4 Å². The standard InChI is InChI=1S/C22H30N4O3/c1-3-4-5-6-9-15(2)24-20(27)14-26-21(28)19(25-22(26)29)12-16-13-23-18-11-8-7-10-17(16)18/h7-8,10-11,13,15,19,23H,3-6,9,12,14H2,1-2H3,(H,24,27)(H,25,29)/t15-,19-/m1/s1. The van der Waals surface area contributed by atoms with Crippen LogP contribution in [0, 0.1) is 0 Å². The number of unbranched alkanes of at least 4 members (excludes halogenated alkanes) is 3. The van der Waals surface area contributed by atoms with Gasteiger partial charge in [0, 0.05) is 29.6 Å². The highest BCUT2D eigenvalue weighted by molar-refractivity contribution is 6.06. The Balaban J connectivity index is 1.53. The first-order valence-corrected chi connectivity index (χ1v) is 10.5. The number of imide groups is 1. The van der Waals surface area contributed by atoms with Crippen molar-refractivity contribution in [3.8, 4) is 0 Å². The molecule has 1 aromatic carbocycles. The molecule has 4 amide bonds. The molecule has 3 N–H and O–H groups in total. The van der Waals surface area contributed by atoms with E-state index in [0.717, 1.165) is 40.6 Å². The molecule has 2 heterocycles. The van der Waals surface area contributed by atoms with Crippen LogP contribution in [0.1, 0.15) is 51.5 Å². The van der Waals surface area contributed by atoms with Crippen LogP contribution < -0.4 is 10.6 Å². The quantitative estimate of drug-likeness (QED) is 0.424. The van der Waals surface area contributed by atoms with Gasteiger partial charge in [0.05, 0.1) is 0 Å². The average molecular weight is 399 g/mol. The number of aromatic amines is 1. The van der Waals surface area contributed by atoms with E-state index >= 15 is 0 Å². The number of urea groups is 1. The summed E-state index contributed by atoms with van der Waals surface area (Å²) < 4.78 is 0. The molecule has 1 saturated heterocycles. The number of benzene rings is 1. The lowest BCUT2D eigenvalue weighted by Crippen LogP contribution is -2.43. The second kappa shape index (κ2) is 9.58. The normalized spacial score (nSPS) is 17.6. The van der Waals surface area contributed by atoms with Crippen molar-refractivity contribution in [3.63, 3.8) is 0 Å². The lowest BCUT2D eigenvalue weighted by atomic mass is 10.1. The molecule has 29 heavy (non-hydrogen) atoms. The fourth-order valence-corrected chi connectivity index (χ4v) is 3.80. The molecule has 0 radical (unpaired) electrons. The maximum atomic E-state index is 12.7. The highest BCUT2D eigenvalue weighted by atomic mass is 16.2. The molecule has 0 saturated carbocycles. The molecule has 0 aliphatic carbocycles. The Morgan fingerprint density at radius 3 is 2.79 bits per heavy atom. The van der Waals surface area contributed by atoms with E-state index in [1.807, 2.05) is 37.4 Å². The zero-order valence-corrected chi connectivity index (χ0v) is 17.2. The minimum Gasteiger partial charge on any atom is -0.361 e. The highest BCUT2D eigenvalue weighted by Crippen LogP contribution is 2.21. The number of fused-ring (bicyclic) bond motifs is 1. The summed E-state index contributed by atoms with van der Waals surface area (Å²) in [6.45, 7) is 3.87. The zero-order chi connectivity index (χ0) is 20.8. The minimum atomic E-state index is -0.652. The molecule has 0 unspecified atom stereocenters. The SMILES string of the molecule is CCCCCC[C@@H](C)NC(=O)CN1C(=O)N[C@H](Cc2c[nH]c3ccccc23)C1=O. The van der Waals surface area contributed by atoms with Gasteiger partial charge in [-0.15, -0.1) is 0 Å². The van der Waals surface area contributed by atoms with Gasteiger partial charge in [0.2, 0.25) is 5.91 Å². The summed E-state index contributed by atoms with van der Waals surface area (Å²) in [5.41, 5.74) is 1.95. The second-order valence-electron chi connectivity index (χ2n) is 7.81. The van der Waals surface area contributed by atoms with Gasteiger partial charge in [-0.2, -0.15) is 0 Å². The third-order valence-electron chi connectivity index (χ3n) is 5.41. The predicted octanol–water partition coefficient (Wildman–Crippen LogP) is 3.11. The van der Waals surface area contributed by atoms with E-state index in [1.165, 1.54) is 12.8 Å². The van der Waals surface area contributed by atoms with E-state index in [9.17, 15) is 14.4 Å². The number of rotatable bonds is 10. The Morgan fingerprint density at radius 2 is 2.00 bits per heavy atom. The van der Waals surface area contributed by atoms with E-state index in [4.69, 9.17) is 0 Å². The maximum absolute atomic E-state index is 12.7. The molecule has 7 nitrogen and oxygen atoms in total. The largest absolute Gasteiger partial charge is 0.361 e. The van der Waals surface area contributed by atoms with E-state index in [2.05, 4.69) is 22.5 Å². The number of carbonyl (C=O) groups excluding carboxylic acids is 3. The van der Waals surface area contributed by atoms with Crippen LogP contribution in [-0.2, 0) is 16.0 Å². The molecular formula is C22H30N4O3. The first-order valence-electron chi connectivity index (χ1n) is 10.5. The Hall–Kier alpha value is -2.83. The summed E-state index contributed by atoms with van der Waals surface area (Å²) in [6, 6.07) is 6.70. The minimum absolute atomic E-state index is 0.0298. The van der Waals surface area contributed by atoms with Crippen LogP contribution >= 0.6 is 0 Å². The molecule has 2 atom stereocenters. The van der Waals surface area contributed by atoms with Crippen molar-refractivity contribution in [2.45, 2.75) is 64.5 Å². The first kappa shape index (κ1) is 20.9. The number of hydrogen-bond acceptors (Lipinski definition) is 3. The van der Waals surface area contributed by atoms with Crippen molar-refractivity contribution < 1.29 is 14.4 Å². The number of H-pyrrole nitrogens is 1. The molecular weight excluding hydrogens is 368 g/mol. The molecule has 1 aliphatic rings. The number of para-hydroxylation sites is 1. The average Bonchev–Trinajstić information content (AvgIpc) is 3.22. The molecule has 3 rings (SSSR count). The van der Waals surface area contributed by atoms with Crippen LogP contribution in [0.3, 0.4) is 0 Å². The number of hydrogen-bond donors (Lipinski definition) is 3. The number of nitrogens with zero attached hydrogens (tertiary/aromatic N) is 1. The third kappa shape index (κ3) is 5.16. The third-order valence-corrected chi connectivity index (χ3v) is 5.41. The monoisotopic (exact) mass is 398 g/mol. The van der Waals surface area contributed by atoms with Crippen LogP contribution in [0.15, 0.2) is 30.5 Å². The summed E-state index contributed by atoms with van der Waals surface area (Å²) in [6.07, 6.45) is 7.73. The van der Waals surface area contributed by atoms with Crippen LogP contribution in [0.25, 0.3) is 10.9 Å². The molecule has 0 bridgehead atoms. The Bertz CT molecular complexity index is 876. The predicted molar refractivity (Wildman–Crippen MR) is 112 cm³/mol. The van der Waals surface area contributed by atoms with Crippen molar-refractivity contribution in [2.24, 2.45) is 0 Å². The van der Waals surface area contributed by atoms with Crippen LogP contribution in [-0.4, -0.2) is 46.4 Å². The molecule has 1 fully saturated rings. The topological polar surface area (TPSA) is 94.3 Å². The molecule has 156 valence electrons. The van der Waals surface area contributed by atoms with Crippen molar-refractivity contribution in [3.05, 3.63) is 36.0 Å². The number of amides is 4. The van der Waals surface area contributed by atoms with E-state index in [0.29, 0.717) is 6.42 Å². The lowest BCUT2D eigenvalue weighted by molar-refractivity contribution is -0.132. The highest BCUT2D eigenvalue weighted by Gasteiger charge is 2.39. The number of aromatic nitrogens is 1. The molecule has 2 aromatic rings. The van der Waals surface area contributed by atoms with Crippen molar-refractivity contribution >= 4 is 28.7 Å². The summed E-state index contributed by atoms with van der Waals surface area (Å²) in [7, 11) is 0. The second-order valence-corrected chi connectivity index (χ2v) is 7.81. The fraction of sp³-hybridized carbons (Fsp3) is 0.500. The number of nitrogens with one attached hydrogen (secondary N) is 3. The summed E-state index contributed by atoms with van der Waals surface area (Å²) in [5.74, 6) is -0.657. The van der Waals surface area contributed by atoms with Crippen LogP contribution in [0.5, 0.6) is 0 Å². The summed E-state index contributed by atoms with van der Waals surface area (Å²) in [4.78, 5) is 41.4. The summed E-state index contributed by atoms with van der Waals surface area (Å²) >= 11 is 0. The van der Waals surface area contributed by atoms with Gasteiger partial charge in [-0.05, 0) is 25.0 Å². The molecule has 7 heteroatoms. The molecule has 0 spiro atoms. The van der Waals surface area contributed by atoms with E-state index < -0.39 is 12.1 Å². The van der Waals surface area contributed by atoms with Crippen molar-refractivity contribution in [1.82, 2.24) is 20.5 Å². The van der Waals surface area contributed by atoms with Gasteiger partial charge in [-0.1, -0.05) is 50.8 Å². The smallest absolute Gasteiger partial charge is 0.325 e. The van der Waals surface area contributed by atoms with Crippen molar-refractivity contribution in [2.75, 3.05) is 6.54 Å². The van der Waals surface area contributed by atoms with Gasteiger partial charge in [-0.3, -0.25) is 14.5 Å². The van der Waals surface area contributed by atoms with Crippen molar-refractivity contribution in [1.29, 1.82) is 0 Å². The van der Waals surface area contributed by atoms with Gasteiger partial charge in [0.1, 0.15) is 12.6 Å². The number of carbonyl (C=O) groups is 3. The molecule has 1 aromatic heterocycles. The van der Waals surface area contributed by atoms with Gasteiger partial charge in [0.15, 0.2) is 0 Å². The van der Waals surface area contributed by atoms with Gasteiger partial charge in [0.25, 0.3) is 5.91 Å². The van der Waals surface area contributed by atoms with Gasteiger partial charge >= 0.3 is 6.03 Å². The Labute approximate surface area is 171 Å². The van der Waals surface area contributed by atoms with Gasteiger partial charge in [-0.25, -0.2) is 4.79 Å². The summed E-state index contributed by atoms with van der Waals surface area (Å²) in [5, 5.41) is 6.63.